The molecular formula is C14H28N. The topological polar surface area (TPSA) is 3.24 Å². The molecule has 1 aliphatic rings. The van der Waals surface area contributed by atoms with Gasteiger partial charge in [-0.1, -0.05) is 32.6 Å². The van der Waals surface area contributed by atoms with Crippen molar-refractivity contribution in [3.63, 3.8) is 0 Å². The van der Waals surface area contributed by atoms with Gasteiger partial charge in [0.2, 0.25) is 0 Å². The first-order chi connectivity index (χ1) is 7.34. The molecule has 0 aromatic carbocycles. The van der Waals surface area contributed by atoms with E-state index in [1.165, 1.54) is 64.5 Å². The predicted octanol–water partition coefficient (Wildman–Crippen LogP) is 4.04. The van der Waals surface area contributed by atoms with Crippen LogP contribution in [0.2, 0.25) is 0 Å². The summed E-state index contributed by atoms with van der Waals surface area (Å²) in [6.07, 6.45) is 13.5. The van der Waals surface area contributed by atoms with Crippen molar-refractivity contribution in [2.75, 3.05) is 13.1 Å². The molecule has 1 radical (unpaired) electrons. The maximum Gasteiger partial charge on any atom is 0.00670 e. The zero-order valence-electron chi connectivity index (χ0n) is 10.7. The summed E-state index contributed by atoms with van der Waals surface area (Å²) in [6.45, 7) is 7.36. The number of nitrogens with zero attached hydrogens (tertiary/aromatic N) is 1. The summed E-state index contributed by atoms with van der Waals surface area (Å²) in [5.41, 5.74) is 0. The van der Waals surface area contributed by atoms with Gasteiger partial charge in [0.1, 0.15) is 0 Å². The molecule has 1 aliphatic heterocycles. The first-order valence-corrected chi connectivity index (χ1v) is 6.90. The molecule has 0 aromatic rings. The van der Waals surface area contributed by atoms with Crippen molar-refractivity contribution in [3.8, 4) is 0 Å². The molecule has 1 saturated heterocycles. The Kier molecular flexibility index (Phi) is 7.08. The SMILES string of the molecule is CCCC[CH]CCC(C)N1CCCCC1. The molecule has 1 atom stereocenters. The minimum absolute atomic E-state index is 0.808. The van der Waals surface area contributed by atoms with Gasteiger partial charge in [-0.25, -0.2) is 0 Å². The lowest BCUT2D eigenvalue weighted by atomic mass is 10.0. The zero-order chi connectivity index (χ0) is 10.9. The third-order valence-corrected chi connectivity index (χ3v) is 3.56. The van der Waals surface area contributed by atoms with E-state index in [1.807, 2.05) is 0 Å². The van der Waals surface area contributed by atoms with E-state index in [4.69, 9.17) is 0 Å². The van der Waals surface area contributed by atoms with Crippen molar-refractivity contribution in [3.05, 3.63) is 6.42 Å². The standard InChI is InChI=1S/C14H28N/c1-3-4-5-6-8-11-14(2)15-12-9-7-10-13-15/h6,14H,3-5,7-13H2,1-2H3. The van der Waals surface area contributed by atoms with E-state index in [0.717, 1.165) is 6.04 Å². The fourth-order valence-corrected chi connectivity index (χ4v) is 2.39. The summed E-state index contributed by atoms with van der Waals surface area (Å²) in [4.78, 5) is 2.68. The van der Waals surface area contributed by atoms with Crippen molar-refractivity contribution >= 4 is 0 Å². The highest BCUT2D eigenvalue weighted by Gasteiger charge is 2.15. The van der Waals surface area contributed by atoms with E-state index in [1.54, 1.807) is 0 Å². The van der Waals surface area contributed by atoms with Crippen molar-refractivity contribution in [2.45, 2.75) is 71.3 Å². The lowest BCUT2D eigenvalue weighted by Crippen LogP contribution is -2.37. The minimum Gasteiger partial charge on any atom is -0.301 e. The van der Waals surface area contributed by atoms with Crippen molar-refractivity contribution in [1.29, 1.82) is 0 Å². The van der Waals surface area contributed by atoms with E-state index in [9.17, 15) is 0 Å². The number of piperidine rings is 1. The van der Waals surface area contributed by atoms with Crippen molar-refractivity contribution < 1.29 is 0 Å². The van der Waals surface area contributed by atoms with Gasteiger partial charge < -0.3 is 4.90 Å². The van der Waals surface area contributed by atoms with Gasteiger partial charge in [-0.05, 0) is 52.1 Å². The monoisotopic (exact) mass is 210 g/mol. The van der Waals surface area contributed by atoms with E-state index in [2.05, 4.69) is 25.2 Å². The Hall–Kier alpha value is -0.0400. The Bertz CT molecular complexity index is 138. The molecule has 89 valence electrons. The molecule has 1 rings (SSSR count). The maximum absolute atomic E-state index is 2.68. The predicted molar refractivity (Wildman–Crippen MR) is 67.9 cm³/mol. The summed E-state index contributed by atoms with van der Waals surface area (Å²) in [6, 6.07) is 0.808. The van der Waals surface area contributed by atoms with Crippen molar-refractivity contribution in [2.24, 2.45) is 0 Å². The van der Waals surface area contributed by atoms with Gasteiger partial charge >= 0.3 is 0 Å². The largest absolute Gasteiger partial charge is 0.301 e. The second-order valence-electron chi connectivity index (χ2n) is 4.95. The summed E-state index contributed by atoms with van der Waals surface area (Å²) < 4.78 is 0. The van der Waals surface area contributed by atoms with Gasteiger partial charge in [-0.15, -0.1) is 0 Å². The molecule has 15 heavy (non-hydrogen) atoms. The smallest absolute Gasteiger partial charge is 0.00670 e. The number of rotatable bonds is 7. The van der Waals surface area contributed by atoms with Crippen molar-refractivity contribution in [1.82, 2.24) is 4.90 Å². The summed E-state index contributed by atoms with van der Waals surface area (Å²) >= 11 is 0. The van der Waals surface area contributed by atoms with Gasteiger partial charge in [0, 0.05) is 6.04 Å². The van der Waals surface area contributed by atoms with Gasteiger partial charge in [0.25, 0.3) is 0 Å². The number of hydrogen-bond acceptors (Lipinski definition) is 1. The van der Waals surface area contributed by atoms with Crippen LogP contribution < -0.4 is 0 Å². The van der Waals surface area contributed by atoms with Crippen LogP contribution in [0.5, 0.6) is 0 Å². The van der Waals surface area contributed by atoms with Crippen LogP contribution >= 0.6 is 0 Å². The van der Waals surface area contributed by atoms with E-state index >= 15 is 0 Å². The highest BCUT2D eigenvalue weighted by Crippen LogP contribution is 2.16. The maximum atomic E-state index is 2.68. The van der Waals surface area contributed by atoms with Crippen LogP contribution in [0.1, 0.15) is 65.2 Å². The van der Waals surface area contributed by atoms with Gasteiger partial charge in [0.05, 0.1) is 0 Å². The first-order valence-electron chi connectivity index (χ1n) is 6.90. The third-order valence-electron chi connectivity index (χ3n) is 3.56. The Morgan fingerprint density at radius 3 is 2.53 bits per heavy atom. The fourth-order valence-electron chi connectivity index (χ4n) is 2.39. The summed E-state index contributed by atoms with van der Waals surface area (Å²) in [5.74, 6) is 0. The fraction of sp³-hybridized carbons (Fsp3) is 0.929. The summed E-state index contributed by atoms with van der Waals surface area (Å²) in [5, 5.41) is 0. The average molecular weight is 210 g/mol. The number of unbranched alkanes of at least 4 members (excludes halogenated alkanes) is 4. The lowest BCUT2D eigenvalue weighted by Gasteiger charge is -2.32. The molecule has 1 heteroatoms. The molecule has 1 nitrogen and oxygen atoms in total. The quantitative estimate of drug-likeness (QED) is 0.573. The Labute approximate surface area is 96.2 Å². The molecule has 0 amide bonds. The molecule has 0 aromatic heterocycles. The van der Waals surface area contributed by atoms with Crippen LogP contribution in [0.15, 0.2) is 0 Å². The highest BCUT2D eigenvalue weighted by atomic mass is 15.1. The molecule has 0 N–H and O–H groups in total. The normalized spacial score (nSPS) is 20.4. The highest BCUT2D eigenvalue weighted by molar-refractivity contribution is 4.74. The molecule has 0 saturated carbocycles. The molecule has 0 aliphatic carbocycles. The minimum atomic E-state index is 0.808. The second kappa shape index (κ2) is 8.15. The zero-order valence-corrected chi connectivity index (χ0v) is 10.7. The third kappa shape index (κ3) is 5.55. The molecule has 0 bridgehead atoms. The Morgan fingerprint density at radius 1 is 1.13 bits per heavy atom. The molecule has 0 spiro atoms. The first kappa shape index (κ1) is 13.0. The number of likely N-dealkylation sites (tertiary alicyclic amines) is 1. The molecule has 1 heterocycles. The van der Waals surface area contributed by atoms with Crippen LogP contribution in [0, 0.1) is 6.42 Å². The molecule has 1 unspecified atom stereocenters. The Balaban J connectivity index is 1.99. The molecule has 1 fully saturated rings. The molecular weight excluding hydrogens is 182 g/mol. The average Bonchev–Trinajstić information content (AvgIpc) is 2.30. The second-order valence-corrected chi connectivity index (χ2v) is 4.95. The Morgan fingerprint density at radius 2 is 1.87 bits per heavy atom. The van der Waals surface area contributed by atoms with E-state index in [0.29, 0.717) is 0 Å². The van der Waals surface area contributed by atoms with Crippen LogP contribution in [-0.2, 0) is 0 Å². The van der Waals surface area contributed by atoms with Crippen LogP contribution in [0.4, 0.5) is 0 Å². The van der Waals surface area contributed by atoms with Gasteiger partial charge in [-0.3, -0.25) is 0 Å². The van der Waals surface area contributed by atoms with Gasteiger partial charge in [0.15, 0.2) is 0 Å². The number of hydrogen-bond donors (Lipinski definition) is 0. The summed E-state index contributed by atoms with van der Waals surface area (Å²) in [7, 11) is 0. The lowest BCUT2D eigenvalue weighted by molar-refractivity contribution is 0.166. The van der Waals surface area contributed by atoms with Crippen LogP contribution in [-0.4, -0.2) is 24.0 Å². The van der Waals surface area contributed by atoms with Crippen LogP contribution in [0.3, 0.4) is 0 Å². The van der Waals surface area contributed by atoms with Crippen LogP contribution in [0.25, 0.3) is 0 Å². The van der Waals surface area contributed by atoms with E-state index in [-0.39, 0.29) is 0 Å². The van der Waals surface area contributed by atoms with E-state index < -0.39 is 0 Å². The van der Waals surface area contributed by atoms with Gasteiger partial charge in [-0.2, -0.15) is 0 Å².